The number of benzene rings is 2. The van der Waals surface area contributed by atoms with E-state index >= 15 is 0 Å². The van der Waals surface area contributed by atoms with Gasteiger partial charge in [0.25, 0.3) is 0 Å². The van der Waals surface area contributed by atoms with Gasteiger partial charge in [-0.1, -0.05) is 23.7 Å². The molecule has 1 saturated heterocycles. The highest BCUT2D eigenvalue weighted by molar-refractivity contribution is 6.33. The maximum absolute atomic E-state index is 13.2. The van der Waals surface area contributed by atoms with Crippen molar-refractivity contribution in [3.63, 3.8) is 0 Å². The number of ether oxygens (including phenoxy) is 1. The van der Waals surface area contributed by atoms with Crippen LogP contribution in [0.4, 0.5) is 10.1 Å². The first-order valence-corrected chi connectivity index (χ1v) is 8.33. The number of halogens is 2. The van der Waals surface area contributed by atoms with Gasteiger partial charge in [0.1, 0.15) is 18.2 Å². The molecule has 6 heteroatoms. The third-order valence-electron chi connectivity index (χ3n) is 4.09. The average Bonchev–Trinajstić information content (AvgIpc) is 2.61. The molecule has 1 aliphatic rings. The van der Waals surface area contributed by atoms with Gasteiger partial charge >= 0.3 is 0 Å². The summed E-state index contributed by atoms with van der Waals surface area (Å²) in [5.41, 5.74) is 1.96. The highest BCUT2D eigenvalue weighted by Gasteiger charge is 2.25. The number of aliphatic hydroxyl groups excluding tert-OH is 1. The van der Waals surface area contributed by atoms with Gasteiger partial charge in [-0.15, -0.1) is 0 Å². The lowest BCUT2D eigenvalue weighted by Gasteiger charge is -2.38. The smallest absolute Gasteiger partial charge is 0.123 e. The van der Waals surface area contributed by atoms with Gasteiger partial charge in [-0.05, 0) is 29.8 Å². The Labute approximate surface area is 145 Å². The molecule has 0 radical (unpaired) electrons. The molecule has 1 aliphatic heterocycles. The Hall–Kier alpha value is -1.82. The lowest BCUT2D eigenvalue weighted by atomic mass is 10.0. The van der Waals surface area contributed by atoms with E-state index in [9.17, 15) is 4.39 Å². The number of hydrogen-bond acceptors (Lipinski definition) is 4. The molecule has 24 heavy (non-hydrogen) atoms. The molecule has 2 aromatic carbocycles. The van der Waals surface area contributed by atoms with Crippen molar-refractivity contribution >= 4 is 17.3 Å². The fraction of sp³-hybridized carbons (Fsp3) is 0.333. The van der Waals surface area contributed by atoms with Crippen molar-refractivity contribution in [1.29, 1.82) is 0 Å². The molecule has 0 aliphatic carbocycles. The minimum atomic E-state index is -0.238. The number of nitrogens with zero attached hydrogens (tertiary/aromatic N) is 1. The van der Waals surface area contributed by atoms with E-state index in [0.717, 1.165) is 30.9 Å². The van der Waals surface area contributed by atoms with Crippen molar-refractivity contribution < 1.29 is 14.2 Å². The SMILES string of the molecule is OCCOc1ccc(N2CCNC[C@H]2c2ccc(F)cc2)c(Cl)c1. The van der Waals surface area contributed by atoms with E-state index in [2.05, 4.69) is 10.2 Å². The normalized spacial score (nSPS) is 17.8. The zero-order valence-corrected chi connectivity index (χ0v) is 14.0. The van der Waals surface area contributed by atoms with Crippen LogP contribution < -0.4 is 15.0 Å². The molecule has 1 heterocycles. The largest absolute Gasteiger partial charge is 0.491 e. The Morgan fingerprint density at radius 2 is 2.04 bits per heavy atom. The first-order chi connectivity index (χ1) is 11.7. The molecule has 128 valence electrons. The lowest BCUT2D eigenvalue weighted by molar-refractivity contribution is 0.201. The molecule has 0 amide bonds. The van der Waals surface area contributed by atoms with Crippen LogP contribution in [-0.4, -0.2) is 38.0 Å². The first-order valence-electron chi connectivity index (χ1n) is 7.95. The fourth-order valence-electron chi connectivity index (χ4n) is 2.95. The highest BCUT2D eigenvalue weighted by Crippen LogP contribution is 2.35. The van der Waals surface area contributed by atoms with Crippen LogP contribution in [0.15, 0.2) is 42.5 Å². The zero-order valence-electron chi connectivity index (χ0n) is 13.2. The summed E-state index contributed by atoms with van der Waals surface area (Å²) >= 11 is 6.46. The molecule has 0 bridgehead atoms. The molecule has 2 N–H and O–H groups in total. The molecule has 4 nitrogen and oxygen atoms in total. The zero-order chi connectivity index (χ0) is 16.9. The quantitative estimate of drug-likeness (QED) is 0.870. The van der Waals surface area contributed by atoms with Crippen molar-refractivity contribution in [2.45, 2.75) is 6.04 Å². The monoisotopic (exact) mass is 350 g/mol. The number of nitrogens with one attached hydrogen (secondary N) is 1. The van der Waals surface area contributed by atoms with Crippen molar-refractivity contribution in [1.82, 2.24) is 5.32 Å². The van der Waals surface area contributed by atoms with E-state index in [4.69, 9.17) is 21.4 Å². The second-order valence-electron chi connectivity index (χ2n) is 5.65. The highest BCUT2D eigenvalue weighted by atomic mass is 35.5. The molecule has 2 aromatic rings. The van der Waals surface area contributed by atoms with E-state index in [0.29, 0.717) is 10.8 Å². The minimum Gasteiger partial charge on any atom is -0.491 e. The van der Waals surface area contributed by atoms with Crippen LogP contribution in [-0.2, 0) is 0 Å². The topological polar surface area (TPSA) is 44.7 Å². The van der Waals surface area contributed by atoms with Crippen LogP contribution in [0.2, 0.25) is 5.02 Å². The van der Waals surface area contributed by atoms with E-state index in [-0.39, 0.29) is 25.1 Å². The number of rotatable bonds is 5. The Bertz CT molecular complexity index is 681. The summed E-state index contributed by atoms with van der Waals surface area (Å²) in [6.07, 6.45) is 0. The molecule has 1 fully saturated rings. The summed E-state index contributed by atoms with van der Waals surface area (Å²) in [7, 11) is 0. The minimum absolute atomic E-state index is 0.0379. The van der Waals surface area contributed by atoms with Gasteiger partial charge < -0.3 is 20.1 Å². The predicted octanol–water partition coefficient (Wildman–Crippen LogP) is 3.00. The van der Waals surface area contributed by atoms with E-state index < -0.39 is 0 Å². The van der Waals surface area contributed by atoms with Crippen LogP contribution in [0.3, 0.4) is 0 Å². The molecule has 0 spiro atoms. The second kappa shape index (κ2) is 7.83. The van der Waals surface area contributed by atoms with Gasteiger partial charge in [0, 0.05) is 25.7 Å². The van der Waals surface area contributed by atoms with Gasteiger partial charge in [0.05, 0.1) is 23.4 Å². The number of anilines is 1. The van der Waals surface area contributed by atoms with Gasteiger partial charge in [-0.2, -0.15) is 0 Å². The van der Waals surface area contributed by atoms with Crippen LogP contribution in [0.5, 0.6) is 5.75 Å². The molecule has 0 aromatic heterocycles. The number of aliphatic hydroxyl groups is 1. The summed E-state index contributed by atoms with van der Waals surface area (Å²) in [5, 5.41) is 12.8. The Morgan fingerprint density at radius 1 is 1.25 bits per heavy atom. The first kappa shape index (κ1) is 17.0. The Kier molecular flexibility index (Phi) is 5.56. The Balaban J connectivity index is 1.86. The van der Waals surface area contributed by atoms with E-state index in [1.54, 1.807) is 6.07 Å². The maximum Gasteiger partial charge on any atom is 0.123 e. The molecule has 3 rings (SSSR count). The number of hydrogen-bond donors (Lipinski definition) is 2. The van der Waals surface area contributed by atoms with Crippen molar-refractivity contribution in [3.8, 4) is 5.75 Å². The predicted molar refractivity (Wildman–Crippen MR) is 93.4 cm³/mol. The third-order valence-corrected chi connectivity index (χ3v) is 4.39. The van der Waals surface area contributed by atoms with Crippen LogP contribution in [0.25, 0.3) is 0 Å². The molecule has 0 saturated carbocycles. The van der Waals surface area contributed by atoms with Crippen molar-refractivity contribution in [2.24, 2.45) is 0 Å². The maximum atomic E-state index is 13.2. The van der Waals surface area contributed by atoms with Crippen LogP contribution >= 0.6 is 11.6 Å². The van der Waals surface area contributed by atoms with Gasteiger partial charge in [0.2, 0.25) is 0 Å². The molecular weight excluding hydrogens is 331 g/mol. The van der Waals surface area contributed by atoms with Crippen LogP contribution in [0.1, 0.15) is 11.6 Å². The second-order valence-corrected chi connectivity index (χ2v) is 6.06. The third kappa shape index (κ3) is 3.80. The molecule has 1 atom stereocenters. The van der Waals surface area contributed by atoms with Crippen LogP contribution in [0, 0.1) is 5.82 Å². The fourth-order valence-corrected chi connectivity index (χ4v) is 3.23. The standard InChI is InChI=1S/C18H20ClFN2O2/c19-16-11-15(24-10-9-23)5-6-17(16)22-8-7-21-12-18(22)13-1-3-14(20)4-2-13/h1-6,11,18,21,23H,7-10,12H2/t18-/m0/s1. The van der Waals surface area contributed by atoms with Crippen molar-refractivity contribution in [3.05, 3.63) is 58.9 Å². The van der Waals surface area contributed by atoms with E-state index in [1.165, 1.54) is 12.1 Å². The average molecular weight is 351 g/mol. The Morgan fingerprint density at radius 3 is 2.75 bits per heavy atom. The summed E-state index contributed by atoms with van der Waals surface area (Å²) in [4.78, 5) is 2.22. The van der Waals surface area contributed by atoms with Gasteiger partial charge in [0.15, 0.2) is 0 Å². The summed E-state index contributed by atoms with van der Waals surface area (Å²) in [5.74, 6) is 0.392. The van der Waals surface area contributed by atoms with Crippen molar-refractivity contribution in [2.75, 3.05) is 37.7 Å². The number of piperazine rings is 1. The summed E-state index contributed by atoms with van der Waals surface area (Å²) < 4.78 is 18.6. The summed E-state index contributed by atoms with van der Waals surface area (Å²) in [6.45, 7) is 2.63. The van der Waals surface area contributed by atoms with Gasteiger partial charge in [-0.25, -0.2) is 4.39 Å². The van der Waals surface area contributed by atoms with Gasteiger partial charge in [-0.3, -0.25) is 0 Å². The molecule has 0 unspecified atom stereocenters. The van der Waals surface area contributed by atoms with E-state index in [1.807, 2.05) is 24.3 Å². The summed E-state index contributed by atoms with van der Waals surface area (Å²) in [6, 6.07) is 12.2. The molecular formula is C18H20ClFN2O2. The lowest BCUT2D eigenvalue weighted by Crippen LogP contribution is -2.46.